The minimum Gasteiger partial charge on any atom is -0.426 e. The zero-order chi connectivity index (χ0) is 17.4. The predicted octanol–water partition coefficient (Wildman–Crippen LogP) is 2.90. The lowest BCUT2D eigenvalue weighted by atomic mass is 9.95. The van der Waals surface area contributed by atoms with Gasteiger partial charge in [-0.1, -0.05) is 0 Å². The highest BCUT2D eigenvalue weighted by Gasteiger charge is 2.39. The van der Waals surface area contributed by atoms with Gasteiger partial charge in [0.2, 0.25) is 0 Å². The number of benzene rings is 1. The van der Waals surface area contributed by atoms with E-state index < -0.39 is 0 Å². The summed E-state index contributed by atoms with van der Waals surface area (Å²) in [5, 5.41) is 6.63. The maximum absolute atomic E-state index is 12.4. The van der Waals surface area contributed by atoms with Crippen molar-refractivity contribution in [3.63, 3.8) is 0 Å². The highest BCUT2D eigenvalue weighted by atomic mass is 16.6. The average Bonchev–Trinajstić information content (AvgIpc) is 3.32. The second-order valence-electron chi connectivity index (χ2n) is 6.66. The summed E-state index contributed by atoms with van der Waals surface area (Å²) in [6.45, 7) is 1.43. The summed E-state index contributed by atoms with van der Waals surface area (Å²) in [6.07, 6.45) is 3.35. The summed E-state index contributed by atoms with van der Waals surface area (Å²) >= 11 is 0. The number of ether oxygens (including phenoxy) is 1. The summed E-state index contributed by atoms with van der Waals surface area (Å²) in [4.78, 5) is 23.6. The van der Waals surface area contributed by atoms with Gasteiger partial charge < -0.3 is 19.8 Å². The lowest BCUT2D eigenvalue weighted by molar-refractivity contribution is 0.0929. The minimum absolute atomic E-state index is 0.0669. The fourth-order valence-electron chi connectivity index (χ4n) is 3.59. The Balaban J connectivity index is 1.37. The molecule has 2 aliphatic heterocycles. The van der Waals surface area contributed by atoms with E-state index >= 15 is 0 Å². The number of hydrogen-bond acceptors (Lipinski definition) is 5. The van der Waals surface area contributed by atoms with E-state index in [1.807, 2.05) is 0 Å². The monoisotopic (exact) mass is 340 g/mol. The second kappa shape index (κ2) is 6.37. The van der Waals surface area contributed by atoms with Gasteiger partial charge in [0.05, 0.1) is 0 Å². The van der Waals surface area contributed by atoms with Crippen LogP contribution >= 0.6 is 0 Å². The van der Waals surface area contributed by atoms with Gasteiger partial charge >= 0.3 is 0 Å². The van der Waals surface area contributed by atoms with E-state index in [1.54, 1.807) is 36.4 Å². The van der Waals surface area contributed by atoms with Gasteiger partial charge in [0.15, 0.2) is 11.5 Å². The van der Waals surface area contributed by atoms with Crippen molar-refractivity contribution >= 4 is 11.7 Å². The van der Waals surface area contributed by atoms with Crippen LogP contribution in [0.3, 0.4) is 0 Å². The van der Waals surface area contributed by atoms with Crippen LogP contribution < -0.4 is 15.4 Å². The average molecular weight is 340 g/mol. The first-order chi connectivity index (χ1) is 12.1. The summed E-state index contributed by atoms with van der Waals surface area (Å²) in [5.41, 5.74) is 0.596. The van der Waals surface area contributed by atoms with Crippen molar-refractivity contribution in [2.45, 2.75) is 44.3 Å². The molecule has 1 aromatic carbocycles. The van der Waals surface area contributed by atoms with Gasteiger partial charge in [-0.25, -0.2) is 0 Å². The molecular formula is C19H20N2O4. The molecule has 3 heterocycles. The third-order valence-electron chi connectivity index (χ3n) is 4.88. The Morgan fingerprint density at radius 1 is 1.16 bits per heavy atom. The zero-order valence-electron chi connectivity index (χ0n) is 14.0. The summed E-state index contributed by atoms with van der Waals surface area (Å²) in [5.74, 6) is 0.822. The number of carbonyl (C=O) groups excluding carboxylic acids is 2. The highest BCUT2D eigenvalue weighted by Crippen LogP contribution is 2.28. The number of hydrogen-bond donors (Lipinski definition) is 2. The highest BCUT2D eigenvalue weighted by molar-refractivity contribution is 5.94. The molecule has 2 aromatic rings. The number of carbonyl (C=O) groups is 2. The molecule has 2 fully saturated rings. The molecule has 6 nitrogen and oxygen atoms in total. The van der Waals surface area contributed by atoms with Crippen molar-refractivity contribution in [2.75, 3.05) is 0 Å². The van der Waals surface area contributed by atoms with Gasteiger partial charge in [-0.15, -0.1) is 0 Å². The largest absolute Gasteiger partial charge is 0.426 e. The Bertz CT molecular complexity index is 796. The van der Waals surface area contributed by atoms with Crippen molar-refractivity contribution < 1.29 is 18.7 Å². The van der Waals surface area contributed by atoms with Gasteiger partial charge in [0, 0.05) is 36.7 Å². The Labute approximate surface area is 145 Å². The van der Waals surface area contributed by atoms with Crippen molar-refractivity contribution in [1.82, 2.24) is 10.6 Å². The molecule has 6 heteroatoms. The fraction of sp³-hybridized carbons (Fsp3) is 0.368. The normalized spacial score (nSPS) is 24.3. The molecule has 2 aliphatic rings. The molecule has 2 saturated heterocycles. The van der Waals surface area contributed by atoms with Crippen LogP contribution in [0, 0.1) is 0 Å². The number of amides is 1. The number of rotatable bonds is 5. The maximum Gasteiger partial charge on any atom is 0.290 e. The first-order valence-corrected chi connectivity index (χ1v) is 8.54. The molecule has 4 rings (SSSR count). The summed E-state index contributed by atoms with van der Waals surface area (Å²) < 4.78 is 10.8. The third-order valence-corrected chi connectivity index (χ3v) is 4.88. The number of furan rings is 1. The minimum atomic E-state index is -0.156. The van der Waals surface area contributed by atoms with Gasteiger partial charge in [-0.05, 0) is 49.6 Å². The smallest absolute Gasteiger partial charge is 0.290 e. The van der Waals surface area contributed by atoms with Crippen molar-refractivity contribution in [3.05, 3.63) is 47.7 Å². The SMILES string of the molecule is CC(=O)c1ccc(Oc2ccc(C(=O)N[C@@H]3C[C@H]4CC[C@@H]3N4)cc2)o1. The standard InChI is InChI=1S/C19H20N2O4/c1-11(22)17-8-9-18(25-17)24-14-5-2-12(3-6-14)19(23)21-16-10-13-4-7-15(16)20-13/h2-3,5-6,8-9,13,15-16,20H,4,7,10H2,1H3,(H,21,23)/t13-,15+,16-/m1/s1. The number of fused-ring (bicyclic) bond motifs is 2. The number of Topliss-reactive ketones (excluding diaryl/α,β-unsaturated/α-hetero) is 1. The molecule has 1 aromatic heterocycles. The first-order valence-electron chi connectivity index (χ1n) is 8.54. The van der Waals surface area contributed by atoms with Crippen LogP contribution in [-0.4, -0.2) is 29.8 Å². The molecule has 0 saturated carbocycles. The summed E-state index contributed by atoms with van der Waals surface area (Å²) in [7, 11) is 0. The molecule has 130 valence electrons. The van der Waals surface area contributed by atoms with Gasteiger partial charge in [-0.2, -0.15) is 0 Å². The Kier molecular flexibility index (Phi) is 4.05. The van der Waals surface area contributed by atoms with E-state index in [1.165, 1.54) is 13.3 Å². The van der Waals surface area contributed by atoms with Gasteiger partial charge in [0.1, 0.15) is 5.75 Å². The number of ketones is 1. The van der Waals surface area contributed by atoms with E-state index in [0.717, 1.165) is 12.8 Å². The Morgan fingerprint density at radius 2 is 1.96 bits per heavy atom. The van der Waals surface area contributed by atoms with Crippen LogP contribution in [0.15, 0.2) is 40.8 Å². The van der Waals surface area contributed by atoms with Crippen LogP contribution in [0.25, 0.3) is 0 Å². The Morgan fingerprint density at radius 3 is 2.56 bits per heavy atom. The molecule has 0 spiro atoms. The molecule has 0 radical (unpaired) electrons. The molecule has 1 amide bonds. The molecule has 2 N–H and O–H groups in total. The fourth-order valence-corrected chi connectivity index (χ4v) is 3.59. The van der Waals surface area contributed by atoms with Crippen LogP contribution in [0.1, 0.15) is 47.1 Å². The van der Waals surface area contributed by atoms with Crippen molar-refractivity contribution in [1.29, 1.82) is 0 Å². The quantitative estimate of drug-likeness (QED) is 0.818. The molecule has 25 heavy (non-hydrogen) atoms. The third kappa shape index (κ3) is 3.30. The summed E-state index contributed by atoms with van der Waals surface area (Å²) in [6, 6.07) is 11.2. The van der Waals surface area contributed by atoms with Crippen LogP contribution in [0.5, 0.6) is 11.7 Å². The lowest BCUT2D eigenvalue weighted by Crippen LogP contribution is -2.42. The number of nitrogens with one attached hydrogen (secondary N) is 2. The molecule has 3 atom stereocenters. The molecule has 0 unspecified atom stereocenters. The first kappa shape index (κ1) is 15.9. The Hall–Kier alpha value is -2.60. The predicted molar refractivity (Wildman–Crippen MR) is 91.0 cm³/mol. The second-order valence-corrected chi connectivity index (χ2v) is 6.66. The lowest BCUT2D eigenvalue weighted by Gasteiger charge is -2.21. The maximum atomic E-state index is 12.4. The molecular weight excluding hydrogens is 320 g/mol. The van der Waals surface area contributed by atoms with E-state index in [-0.39, 0.29) is 29.4 Å². The van der Waals surface area contributed by atoms with Crippen LogP contribution in [0.2, 0.25) is 0 Å². The van der Waals surface area contributed by atoms with Crippen LogP contribution in [0.4, 0.5) is 0 Å². The van der Waals surface area contributed by atoms with Gasteiger partial charge in [-0.3, -0.25) is 9.59 Å². The topological polar surface area (TPSA) is 80.6 Å². The zero-order valence-corrected chi connectivity index (χ0v) is 14.0. The van der Waals surface area contributed by atoms with E-state index in [2.05, 4.69) is 10.6 Å². The van der Waals surface area contributed by atoms with Crippen molar-refractivity contribution in [3.8, 4) is 11.7 Å². The molecule has 2 bridgehead atoms. The van der Waals surface area contributed by atoms with Crippen molar-refractivity contribution in [2.24, 2.45) is 0 Å². The molecule has 0 aliphatic carbocycles. The van der Waals surface area contributed by atoms with E-state index in [0.29, 0.717) is 23.4 Å². The van der Waals surface area contributed by atoms with E-state index in [4.69, 9.17) is 9.15 Å². The van der Waals surface area contributed by atoms with Crippen LogP contribution in [-0.2, 0) is 0 Å². The van der Waals surface area contributed by atoms with E-state index in [9.17, 15) is 9.59 Å². The van der Waals surface area contributed by atoms with Gasteiger partial charge in [0.25, 0.3) is 11.9 Å².